The zero-order valence-corrected chi connectivity index (χ0v) is 11.4. The Labute approximate surface area is 111 Å². The van der Waals surface area contributed by atoms with Gasteiger partial charge in [-0.1, -0.05) is 0 Å². The summed E-state index contributed by atoms with van der Waals surface area (Å²) in [6.45, 7) is 1.54. The van der Waals surface area contributed by atoms with Gasteiger partial charge in [-0.2, -0.15) is 5.10 Å². The van der Waals surface area contributed by atoms with E-state index in [1.165, 1.54) is 6.21 Å². The molecule has 0 saturated heterocycles. The van der Waals surface area contributed by atoms with E-state index < -0.39 is 0 Å². The number of hydrogen-bond acceptors (Lipinski definition) is 4. The topological polar surface area (TPSA) is 82.2 Å². The summed E-state index contributed by atoms with van der Waals surface area (Å²) < 4.78 is 0. The zero-order valence-electron chi connectivity index (χ0n) is 10.6. The Morgan fingerprint density at radius 3 is 2.83 bits per heavy atom. The fourth-order valence-corrected chi connectivity index (χ4v) is 1.28. The van der Waals surface area contributed by atoms with E-state index in [1.54, 1.807) is 32.1 Å². The van der Waals surface area contributed by atoms with E-state index in [9.17, 15) is 10.2 Å². The van der Waals surface area contributed by atoms with Crippen molar-refractivity contribution >= 4 is 23.5 Å². The molecule has 1 aromatic rings. The molecule has 1 heterocycles. The summed E-state index contributed by atoms with van der Waals surface area (Å²) in [7, 11) is 3.59. The van der Waals surface area contributed by atoms with Crippen molar-refractivity contribution in [2.24, 2.45) is 5.10 Å². The molecule has 0 saturated carbocycles. The number of thiocarbonyl (C=S) groups is 1. The maximum absolute atomic E-state index is 9.88. The molecule has 0 spiro atoms. The molecule has 1 aromatic heterocycles. The van der Waals surface area contributed by atoms with Crippen molar-refractivity contribution in [3.63, 3.8) is 0 Å². The van der Waals surface area contributed by atoms with E-state index >= 15 is 0 Å². The third-order valence-corrected chi connectivity index (χ3v) is 2.81. The minimum absolute atomic E-state index is 0.0582. The van der Waals surface area contributed by atoms with Crippen molar-refractivity contribution in [2.75, 3.05) is 14.1 Å². The van der Waals surface area contributed by atoms with E-state index in [1.807, 2.05) is 0 Å². The molecule has 18 heavy (non-hydrogen) atoms. The van der Waals surface area contributed by atoms with Gasteiger partial charge in [-0.3, -0.25) is 5.43 Å². The second-order valence-electron chi connectivity index (χ2n) is 3.93. The number of aromatic amines is 1. The number of aliphatic hydroxyl groups is 1. The van der Waals surface area contributed by atoms with Gasteiger partial charge in [0, 0.05) is 21.0 Å². The lowest BCUT2D eigenvalue weighted by molar-refractivity contribution is -0.389. The van der Waals surface area contributed by atoms with Gasteiger partial charge < -0.3 is 15.1 Å². The average molecular weight is 269 g/mol. The first-order chi connectivity index (χ1) is 8.47. The normalized spacial score (nSPS) is 10.7. The molecule has 0 aliphatic rings. The Kier molecular flexibility index (Phi) is 4.99. The highest BCUT2D eigenvalue weighted by Gasteiger charge is 2.13. The maximum Gasteiger partial charge on any atom is 0.219 e. The standard InChI is InChI=1S/C11H16N4O2S/c1-7-10(17)9(8(6-16)4-12-7)5-13-14-11(18)15(2)3/h4-5,16-17H,6H2,1-3H3,(H,14,18)/p+1/b13-5+. The molecule has 4 N–H and O–H groups in total. The number of hydrogen-bond donors (Lipinski definition) is 3. The first-order valence-electron chi connectivity index (χ1n) is 5.31. The number of aromatic nitrogens is 1. The summed E-state index contributed by atoms with van der Waals surface area (Å²) in [5.74, 6) is 0.0582. The van der Waals surface area contributed by atoms with Crippen LogP contribution in [-0.4, -0.2) is 40.5 Å². The van der Waals surface area contributed by atoms with Gasteiger partial charge >= 0.3 is 0 Å². The maximum atomic E-state index is 9.88. The molecule has 0 aromatic carbocycles. The van der Waals surface area contributed by atoms with Crippen molar-refractivity contribution in [1.82, 2.24) is 10.3 Å². The van der Waals surface area contributed by atoms with E-state index in [2.05, 4.69) is 15.5 Å². The van der Waals surface area contributed by atoms with Crippen LogP contribution in [0.15, 0.2) is 11.3 Å². The molecule has 0 atom stereocenters. The summed E-state index contributed by atoms with van der Waals surface area (Å²) in [6, 6.07) is 0. The molecule has 0 unspecified atom stereocenters. The number of hydrazone groups is 1. The van der Waals surface area contributed by atoms with Crippen molar-refractivity contribution in [1.29, 1.82) is 0 Å². The molecule has 6 nitrogen and oxygen atoms in total. The van der Waals surface area contributed by atoms with E-state index in [0.717, 1.165) is 0 Å². The molecule has 0 fully saturated rings. The van der Waals surface area contributed by atoms with Gasteiger partial charge in [-0.25, -0.2) is 4.98 Å². The fourth-order valence-electron chi connectivity index (χ4n) is 1.22. The lowest BCUT2D eigenvalue weighted by Crippen LogP contribution is -2.30. The highest BCUT2D eigenvalue weighted by molar-refractivity contribution is 7.80. The highest BCUT2D eigenvalue weighted by atomic mass is 32.1. The van der Waals surface area contributed by atoms with Crippen LogP contribution < -0.4 is 10.4 Å². The van der Waals surface area contributed by atoms with Gasteiger partial charge in [-0.05, 0) is 12.2 Å². The van der Waals surface area contributed by atoms with Crippen LogP contribution in [0.2, 0.25) is 0 Å². The third kappa shape index (κ3) is 3.38. The molecule has 0 amide bonds. The Hall–Kier alpha value is -1.73. The summed E-state index contributed by atoms with van der Waals surface area (Å²) in [6.07, 6.45) is 3.05. The van der Waals surface area contributed by atoms with Crippen LogP contribution in [0.5, 0.6) is 5.75 Å². The minimum Gasteiger partial charge on any atom is -0.502 e. The number of aromatic hydroxyl groups is 1. The molecule has 1 rings (SSSR count). The molecule has 0 aliphatic carbocycles. The molecule has 0 radical (unpaired) electrons. The zero-order chi connectivity index (χ0) is 13.7. The lowest BCUT2D eigenvalue weighted by atomic mass is 10.1. The number of rotatable bonds is 3. The van der Waals surface area contributed by atoms with Crippen LogP contribution in [0.1, 0.15) is 16.8 Å². The van der Waals surface area contributed by atoms with E-state index in [0.29, 0.717) is 21.9 Å². The summed E-state index contributed by atoms with van der Waals surface area (Å²) in [5, 5.41) is 23.4. The smallest absolute Gasteiger partial charge is 0.219 e. The average Bonchev–Trinajstić information content (AvgIpc) is 2.34. The molecule has 7 heteroatoms. The summed E-state index contributed by atoms with van der Waals surface area (Å²) in [5.41, 5.74) is 4.27. The lowest BCUT2D eigenvalue weighted by Gasteiger charge is -2.11. The molecular formula is C11H17N4O2S+. The molecule has 98 valence electrons. The Morgan fingerprint density at radius 2 is 2.28 bits per heavy atom. The van der Waals surface area contributed by atoms with Crippen molar-refractivity contribution in [3.8, 4) is 5.75 Å². The number of pyridine rings is 1. The van der Waals surface area contributed by atoms with E-state index in [4.69, 9.17) is 12.2 Å². The van der Waals surface area contributed by atoms with Gasteiger partial charge in [0.2, 0.25) is 5.69 Å². The van der Waals surface area contributed by atoms with Crippen LogP contribution in [0.4, 0.5) is 0 Å². The SMILES string of the molecule is Cc1[nH+]cc(CO)c(/C=N/NC(=S)N(C)C)c1O. The van der Waals surface area contributed by atoms with E-state index in [-0.39, 0.29) is 12.4 Å². The number of aryl methyl sites for hydroxylation is 1. The van der Waals surface area contributed by atoms with Gasteiger partial charge in [0.15, 0.2) is 17.1 Å². The first kappa shape index (κ1) is 14.3. The van der Waals surface area contributed by atoms with Crippen LogP contribution in [0.25, 0.3) is 0 Å². The predicted molar refractivity (Wildman–Crippen MR) is 72.3 cm³/mol. The van der Waals surface area contributed by atoms with Gasteiger partial charge in [0.05, 0.1) is 23.9 Å². The minimum atomic E-state index is -0.191. The molecule has 0 bridgehead atoms. The Morgan fingerprint density at radius 1 is 1.61 bits per heavy atom. The number of nitrogens with one attached hydrogen (secondary N) is 2. The van der Waals surface area contributed by atoms with Gasteiger partial charge in [-0.15, -0.1) is 0 Å². The van der Waals surface area contributed by atoms with Crippen molar-refractivity contribution < 1.29 is 15.2 Å². The monoisotopic (exact) mass is 269 g/mol. The third-order valence-electron chi connectivity index (χ3n) is 2.35. The Balaban J connectivity index is 2.93. The quantitative estimate of drug-likeness (QED) is 0.401. The fraction of sp³-hybridized carbons (Fsp3) is 0.364. The summed E-state index contributed by atoms with van der Waals surface area (Å²) in [4.78, 5) is 4.55. The first-order valence-corrected chi connectivity index (χ1v) is 5.72. The highest BCUT2D eigenvalue weighted by Crippen LogP contribution is 2.19. The van der Waals surface area contributed by atoms with Gasteiger partial charge in [0.25, 0.3) is 0 Å². The van der Waals surface area contributed by atoms with Crippen molar-refractivity contribution in [3.05, 3.63) is 23.0 Å². The largest absolute Gasteiger partial charge is 0.502 e. The second-order valence-corrected chi connectivity index (χ2v) is 4.32. The predicted octanol–water partition coefficient (Wildman–Crippen LogP) is -0.223. The van der Waals surface area contributed by atoms with Crippen LogP contribution in [0, 0.1) is 6.92 Å². The van der Waals surface area contributed by atoms with Crippen LogP contribution in [0.3, 0.4) is 0 Å². The summed E-state index contributed by atoms with van der Waals surface area (Å²) >= 11 is 5.00. The number of aliphatic hydroxyl groups excluding tert-OH is 1. The van der Waals surface area contributed by atoms with Gasteiger partial charge in [0.1, 0.15) is 0 Å². The molecule has 0 aliphatic heterocycles. The second kappa shape index (κ2) is 6.27. The number of nitrogens with zero attached hydrogens (tertiary/aromatic N) is 2. The van der Waals surface area contributed by atoms with Crippen LogP contribution >= 0.6 is 12.2 Å². The number of H-pyrrole nitrogens is 1. The van der Waals surface area contributed by atoms with Crippen molar-refractivity contribution in [2.45, 2.75) is 13.5 Å². The molecular weight excluding hydrogens is 252 g/mol. The van der Waals surface area contributed by atoms with Crippen LogP contribution in [-0.2, 0) is 6.61 Å². The Bertz CT molecular complexity index is 474.